The highest BCUT2D eigenvalue weighted by Crippen LogP contribution is 2.27. The summed E-state index contributed by atoms with van der Waals surface area (Å²) in [6.45, 7) is 4.77. The Morgan fingerprint density at radius 2 is 2.12 bits per heavy atom. The molecule has 1 aliphatic rings. The Morgan fingerprint density at radius 3 is 2.81 bits per heavy atom. The van der Waals surface area contributed by atoms with Crippen molar-refractivity contribution in [2.45, 2.75) is 32.7 Å². The standard InChI is InChI=1S/C14H18O2/c1-3-15-14-10-13(11(2)16-14)9-12-7-5-4-6-8-12/h4-9,11,14H,3,10H2,1-2H3. The SMILES string of the molecule is CCOC1CC(=Cc2ccccc2)C(C)O1. The summed E-state index contributed by atoms with van der Waals surface area (Å²) in [5, 5.41) is 0. The molecule has 1 aromatic carbocycles. The molecular weight excluding hydrogens is 200 g/mol. The van der Waals surface area contributed by atoms with Crippen molar-refractivity contribution in [2.24, 2.45) is 0 Å². The van der Waals surface area contributed by atoms with E-state index in [1.165, 1.54) is 11.1 Å². The Morgan fingerprint density at radius 1 is 1.38 bits per heavy atom. The first-order chi connectivity index (χ1) is 7.79. The average molecular weight is 218 g/mol. The van der Waals surface area contributed by atoms with Crippen LogP contribution >= 0.6 is 0 Å². The number of hydrogen-bond donors (Lipinski definition) is 0. The van der Waals surface area contributed by atoms with Crippen molar-refractivity contribution in [2.75, 3.05) is 6.61 Å². The number of ether oxygens (including phenoxy) is 2. The second-order valence-corrected chi connectivity index (χ2v) is 4.00. The molecule has 2 unspecified atom stereocenters. The highest BCUT2D eigenvalue weighted by Gasteiger charge is 2.26. The van der Waals surface area contributed by atoms with Gasteiger partial charge >= 0.3 is 0 Å². The van der Waals surface area contributed by atoms with Crippen molar-refractivity contribution in [3.05, 3.63) is 41.5 Å². The summed E-state index contributed by atoms with van der Waals surface area (Å²) in [5.41, 5.74) is 2.54. The fourth-order valence-electron chi connectivity index (χ4n) is 1.95. The van der Waals surface area contributed by atoms with E-state index in [-0.39, 0.29) is 12.4 Å². The zero-order valence-electron chi connectivity index (χ0n) is 9.85. The van der Waals surface area contributed by atoms with Crippen molar-refractivity contribution in [1.82, 2.24) is 0 Å². The third-order valence-corrected chi connectivity index (χ3v) is 2.78. The Hall–Kier alpha value is -1.12. The molecule has 0 aromatic heterocycles. The smallest absolute Gasteiger partial charge is 0.162 e. The summed E-state index contributed by atoms with van der Waals surface area (Å²) >= 11 is 0. The van der Waals surface area contributed by atoms with Gasteiger partial charge in [-0.05, 0) is 25.0 Å². The monoisotopic (exact) mass is 218 g/mol. The minimum Gasteiger partial charge on any atom is -0.353 e. The molecule has 0 N–H and O–H groups in total. The largest absolute Gasteiger partial charge is 0.353 e. The molecule has 16 heavy (non-hydrogen) atoms. The lowest BCUT2D eigenvalue weighted by molar-refractivity contribution is -0.125. The lowest BCUT2D eigenvalue weighted by Gasteiger charge is -2.08. The molecule has 0 amide bonds. The lowest BCUT2D eigenvalue weighted by Crippen LogP contribution is -2.12. The van der Waals surface area contributed by atoms with Crippen LogP contribution in [0.3, 0.4) is 0 Å². The molecule has 1 aromatic rings. The molecule has 1 aliphatic heterocycles. The fraction of sp³-hybridized carbons (Fsp3) is 0.429. The van der Waals surface area contributed by atoms with Gasteiger partial charge in [-0.25, -0.2) is 0 Å². The van der Waals surface area contributed by atoms with E-state index in [1.54, 1.807) is 0 Å². The molecule has 0 radical (unpaired) electrons. The van der Waals surface area contributed by atoms with Crippen LogP contribution in [0, 0.1) is 0 Å². The van der Waals surface area contributed by atoms with E-state index in [1.807, 2.05) is 25.1 Å². The molecule has 0 spiro atoms. The first-order valence-corrected chi connectivity index (χ1v) is 5.82. The molecule has 0 bridgehead atoms. The van der Waals surface area contributed by atoms with Gasteiger partial charge in [0.25, 0.3) is 0 Å². The van der Waals surface area contributed by atoms with E-state index < -0.39 is 0 Å². The summed E-state index contributed by atoms with van der Waals surface area (Å²) in [5.74, 6) is 0. The van der Waals surface area contributed by atoms with Gasteiger partial charge in [0.2, 0.25) is 0 Å². The van der Waals surface area contributed by atoms with Gasteiger partial charge in [0.15, 0.2) is 6.29 Å². The van der Waals surface area contributed by atoms with Gasteiger partial charge < -0.3 is 9.47 Å². The minimum absolute atomic E-state index is 0.0602. The zero-order chi connectivity index (χ0) is 11.4. The molecule has 2 heteroatoms. The highest BCUT2D eigenvalue weighted by molar-refractivity contribution is 5.54. The summed E-state index contributed by atoms with van der Waals surface area (Å²) in [4.78, 5) is 0. The molecule has 2 rings (SSSR count). The van der Waals surface area contributed by atoms with E-state index >= 15 is 0 Å². The van der Waals surface area contributed by atoms with Gasteiger partial charge in [-0.15, -0.1) is 0 Å². The predicted molar refractivity (Wildman–Crippen MR) is 65.0 cm³/mol. The van der Waals surface area contributed by atoms with Crippen LogP contribution in [0.2, 0.25) is 0 Å². The molecule has 1 saturated heterocycles. The van der Waals surface area contributed by atoms with Crippen LogP contribution in [0.15, 0.2) is 35.9 Å². The summed E-state index contributed by atoms with van der Waals surface area (Å²) < 4.78 is 11.2. The van der Waals surface area contributed by atoms with Crippen molar-refractivity contribution in [3.8, 4) is 0 Å². The fourth-order valence-corrected chi connectivity index (χ4v) is 1.95. The Bertz CT molecular complexity index is 356. The van der Waals surface area contributed by atoms with E-state index in [4.69, 9.17) is 9.47 Å². The quantitative estimate of drug-likeness (QED) is 0.775. The molecule has 1 heterocycles. The molecule has 0 aliphatic carbocycles. The van der Waals surface area contributed by atoms with Crippen LogP contribution in [0.5, 0.6) is 0 Å². The molecule has 2 atom stereocenters. The van der Waals surface area contributed by atoms with Crippen molar-refractivity contribution < 1.29 is 9.47 Å². The van der Waals surface area contributed by atoms with Gasteiger partial charge in [-0.2, -0.15) is 0 Å². The normalized spacial score (nSPS) is 27.5. The van der Waals surface area contributed by atoms with Gasteiger partial charge in [-0.3, -0.25) is 0 Å². The third-order valence-electron chi connectivity index (χ3n) is 2.78. The van der Waals surface area contributed by atoms with Crippen molar-refractivity contribution in [3.63, 3.8) is 0 Å². The predicted octanol–water partition coefficient (Wildman–Crippen LogP) is 3.24. The Balaban J connectivity index is 2.08. The van der Waals surface area contributed by atoms with E-state index in [0.29, 0.717) is 6.61 Å². The highest BCUT2D eigenvalue weighted by atomic mass is 16.7. The number of benzene rings is 1. The number of rotatable bonds is 3. The van der Waals surface area contributed by atoms with Crippen LogP contribution in [-0.4, -0.2) is 19.0 Å². The summed E-state index contributed by atoms with van der Waals surface area (Å²) in [6.07, 6.45) is 3.18. The zero-order valence-corrected chi connectivity index (χ0v) is 9.85. The molecule has 0 saturated carbocycles. The van der Waals surface area contributed by atoms with Gasteiger partial charge in [0.1, 0.15) is 0 Å². The lowest BCUT2D eigenvalue weighted by atomic mass is 10.1. The number of hydrogen-bond acceptors (Lipinski definition) is 2. The Labute approximate surface area is 96.9 Å². The summed E-state index contributed by atoms with van der Waals surface area (Å²) in [6, 6.07) is 10.3. The second-order valence-electron chi connectivity index (χ2n) is 4.00. The van der Waals surface area contributed by atoms with Crippen molar-refractivity contribution >= 4 is 6.08 Å². The maximum Gasteiger partial charge on any atom is 0.162 e. The van der Waals surface area contributed by atoms with Gasteiger partial charge in [0, 0.05) is 13.0 Å². The van der Waals surface area contributed by atoms with E-state index in [2.05, 4.69) is 25.1 Å². The van der Waals surface area contributed by atoms with E-state index in [9.17, 15) is 0 Å². The van der Waals surface area contributed by atoms with Gasteiger partial charge in [0.05, 0.1) is 6.10 Å². The average Bonchev–Trinajstić information content (AvgIpc) is 2.61. The molecule has 2 nitrogen and oxygen atoms in total. The summed E-state index contributed by atoms with van der Waals surface area (Å²) in [7, 11) is 0. The molecular formula is C14H18O2. The first kappa shape index (κ1) is 11.4. The van der Waals surface area contributed by atoms with Crippen LogP contribution in [-0.2, 0) is 9.47 Å². The topological polar surface area (TPSA) is 18.5 Å². The van der Waals surface area contributed by atoms with Crippen molar-refractivity contribution in [1.29, 1.82) is 0 Å². The van der Waals surface area contributed by atoms with E-state index in [0.717, 1.165) is 6.42 Å². The maximum absolute atomic E-state index is 5.70. The van der Waals surface area contributed by atoms with Crippen LogP contribution in [0.25, 0.3) is 6.08 Å². The molecule has 86 valence electrons. The second kappa shape index (κ2) is 5.28. The third kappa shape index (κ3) is 2.71. The van der Waals surface area contributed by atoms with Gasteiger partial charge in [-0.1, -0.05) is 36.4 Å². The molecule has 1 fully saturated rings. The maximum atomic E-state index is 5.70. The first-order valence-electron chi connectivity index (χ1n) is 5.82. The van der Waals surface area contributed by atoms with Crippen LogP contribution < -0.4 is 0 Å². The van der Waals surface area contributed by atoms with Crippen LogP contribution in [0.4, 0.5) is 0 Å². The Kier molecular flexibility index (Phi) is 3.75. The minimum atomic E-state index is -0.0602. The van der Waals surface area contributed by atoms with Crippen LogP contribution in [0.1, 0.15) is 25.8 Å².